The molecule has 84 valence electrons. The summed E-state index contributed by atoms with van der Waals surface area (Å²) in [6.45, 7) is 0. The Kier molecular flexibility index (Phi) is 2.89. The smallest absolute Gasteiger partial charge is 0.129 e. The minimum absolute atomic E-state index is 0.259. The maximum atomic E-state index is 13.6. The highest BCUT2D eigenvalue weighted by molar-refractivity contribution is 6.31. The quantitative estimate of drug-likeness (QED) is 0.869. The van der Waals surface area contributed by atoms with Crippen molar-refractivity contribution in [1.29, 1.82) is 0 Å². The van der Waals surface area contributed by atoms with Gasteiger partial charge in [-0.05, 0) is 12.1 Å². The van der Waals surface area contributed by atoms with E-state index in [9.17, 15) is 4.39 Å². The van der Waals surface area contributed by atoms with E-state index in [4.69, 9.17) is 17.3 Å². The second-order valence-corrected chi connectivity index (χ2v) is 3.80. The molecule has 0 saturated carbocycles. The average Bonchev–Trinajstić information content (AvgIpc) is 2.64. The third-order valence-corrected chi connectivity index (χ3v) is 2.71. The lowest BCUT2D eigenvalue weighted by molar-refractivity contribution is 0.584. The van der Waals surface area contributed by atoms with Crippen LogP contribution in [0.2, 0.25) is 5.02 Å². The fourth-order valence-electron chi connectivity index (χ4n) is 1.53. The van der Waals surface area contributed by atoms with Crippen LogP contribution in [0.25, 0.3) is 0 Å². The van der Waals surface area contributed by atoms with Crippen LogP contribution in [0.5, 0.6) is 0 Å². The molecule has 0 bridgehead atoms. The van der Waals surface area contributed by atoms with Gasteiger partial charge in [0.05, 0.1) is 17.9 Å². The third-order valence-electron chi connectivity index (χ3n) is 2.38. The molecule has 0 aliphatic carbocycles. The molecule has 1 aromatic carbocycles. The number of aryl methyl sites for hydroxylation is 1. The van der Waals surface area contributed by atoms with Crippen LogP contribution in [0.3, 0.4) is 0 Å². The molecule has 0 radical (unpaired) electrons. The zero-order chi connectivity index (χ0) is 11.7. The Balaban J connectivity index is 2.49. The van der Waals surface area contributed by atoms with Crippen molar-refractivity contribution in [2.45, 2.75) is 6.04 Å². The van der Waals surface area contributed by atoms with Crippen molar-refractivity contribution in [2.75, 3.05) is 0 Å². The number of nitrogens with zero attached hydrogens (tertiary/aromatic N) is 3. The van der Waals surface area contributed by atoms with Crippen molar-refractivity contribution in [1.82, 2.24) is 15.0 Å². The molecule has 2 N–H and O–H groups in total. The summed E-state index contributed by atoms with van der Waals surface area (Å²) in [5, 5.41) is 7.74. The first kappa shape index (κ1) is 11.0. The van der Waals surface area contributed by atoms with Gasteiger partial charge in [0.1, 0.15) is 5.82 Å². The Morgan fingerprint density at radius 3 is 2.81 bits per heavy atom. The highest BCUT2D eigenvalue weighted by Gasteiger charge is 2.19. The minimum atomic E-state index is -0.673. The first-order valence-corrected chi connectivity index (χ1v) is 5.03. The van der Waals surface area contributed by atoms with E-state index in [0.29, 0.717) is 10.7 Å². The predicted molar refractivity (Wildman–Crippen MR) is 58.4 cm³/mol. The summed E-state index contributed by atoms with van der Waals surface area (Å²) in [5.74, 6) is -0.429. The molecule has 1 heterocycles. The van der Waals surface area contributed by atoms with Crippen LogP contribution >= 0.6 is 11.6 Å². The number of halogens is 2. The Labute approximate surface area is 96.8 Å². The van der Waals surface area contributed by atoms with E-state index in [1.807, 2.05) is 0 Å². The number of benzene rings is 1. The molecular weight excluding hydrogens is 231 g/mol. The number of hydrogen-bond donors (Lipinski definition) is 1. The second-order valence-electron chi connectivity index (χ2n) is 3.40. The van der Waals surface area contributed by atoms with Gasteiger partial charge < -0.3 is 5.73 Å². The normalized spacial score (nSPS) is 12.8. The van der Waals surface area contributed by atoms with Crippen LogP contribution in [0, 0.1) is 5.82 Å². The van der Waals surface area contributed by atoms with Gasteiger partial charge in [0, 0.05) is 17.6 Å². The summed E-state index contributed by atoms with van der Waals surface area (Å²) in [4.78, 5) is 0. The van der Waals surface area contributed by atoms with E-state index in [0.717, 1.165) is 0 Å². The SMILES string of the molecule is Cn1nncc1C(N)c1c(F)cccc1Cl. The Morgan fingerprint density at radius 2 is 2.25 bits per heavy atom. The first-order valence-electron chi connectivity index (χ1n) is 4.65. The monoisotopic (exact) mass is 240 g/mol. The van der Waals surface area contributed by atoms with Crippen molar-refractivity contribution >= 4 is 11.6 Å². The second kappa shape index (κ2) is 4.19. The summed E-state index contributed by atoms with van der Waals surface area (Å²) in [7, 11) is 1.69. The molecular formula is C10H10ClFN4. The number of aromatic nitrogens is 3. The van der Waals surface area contributed by atoms with Gasteiger partial charge in [-0.1, -0.05) is 22.9 Å². The molecule has 0 aliphatic rings. The zero-order valence-corrected chi connectivity index (χ0v) is 9.32. The summed E-state index contributed by atoms with van der Waals surface area (Å²) in [5.41, 5.74) is 6.80. The fourth-order valence-corrected chi connectivity index (χ4v) is 1.82. The number of nitrogens with two attached hydrogens (primary N) is 1. The van der Waals surface area contributed by atoms with E-state index in [1.54, 1.807) is 13.1 Å². The van der Waals surface area contributed by atoms with Crippen molar-refractivity contribution in [3.8, 4) is 0 Å². The topological polar surface area (TPSA) is 56.7 Å². The molecule has 0 saturated heterocycles. The van der Waals surface area contributed by atoms with Crippen LogP contribution in [0.15, 0.2) is 24.4 Å². The fraction of sp³-hybridized carbons (Fsp3) is 0.200. The maximum absolute atomic E-state index is 13.6. The van der Waals surface area contributed by atoms with Crippen LogP contribution < -0.4 is 5.73 Å². The van der Waals surface area contributed by atoms with Gasteiger partial charge >= 0.3 is 0 Å². The lowest BCUT2D eigenvalue weighted by Crippen LogP contribution is -2.17. The van der Waals surface area contributed by atoms with E-state index < -0.39 is 11.9 Å². The predicted octanol–water partition coefficient (Wildman–Crippen LogP) is 1.66. The highest BCUT2D eigenvalue weighted by atomic mass is 35.5. The van der Waals surface area contributed by atoms with E-state index in [-0.39, 0.29) is 5.56 Å². The van der Waals surface area contributed by atoms with E-state index >= 15 is 0 Å². The van der Waals surface area contributed by atoms with Crippen LogP contribution in [0.1, 0.15) is 17.3 Å². The van der Waals surface area contributed by atoms with E-state index in [1.165, 1.54) is 23.0 Å². The number of hydrogen-bond acceptors (Lipinski definition) is 3. The molecule has 0 amide bonds. The van der Waals surface area contributed by atoms with Crippen molar-refractivity contribution in [3.05, 3.63) is 46.5 Å². The average molecular weight is 241 g/mol. The minimum Gasteiger partial charge on any atom is -0.319 e. The molecule has 0 aliphatic heterocycles. The summed E-state index contributed by atoms with van der Waals surface area (Å²) in [6.07, 6.45) is 1.49. The van der Waals surface area contributed by atoms with Gasteiger partial charge in [0.25, 0.3) is 0 Å². The third kappa shape index (κ3) is 1.79. The largest absolute Gasteiger partial charge is 0.319 e. The molecule has 6 heteroatoms. The molecule has 1 atom stereocenters. The van der Waals surface area contributed by atoms with Crippen LogP contribution in [-0.4, -0.2) is 15.0 Å². The molecule has 1 unspecified atom stereocenters. The van der Waals surface area contributed by atoms with Gasteiger partial charge in [-0.25, -0.2) is 4.39 Å². The maximum Gasteiger partial charge on any atom is 0.129 e. The van der Waals surface area contributed by atoms with Gasteiger partial charge in [0.2, 0.25) is 0 Å². The molecule has 2 rings (SSSR count). The van der Waals surface area contributed by atoms with E-state index in [2.05, 4.69) is 10.3 Å². The first-order chi connectivity index (χ1) is 7.61. The molecule has 2 aromatic rings. The van der Waals surface area contributed by atoms with Gasteiger partial charge in [0.15, 0.2) is 0 Å². The van der Waals surface area contributed by atoms with Gasteiger partial charge in [-0.3, -0.25) is 4.68 Å². The highest BCUT2D eigenvalue weighted by Crippen LogP contribution is 2.27. The Hall–Kier alpha value is -1.46. The van der Waals surface area contributed by atoms with Crippen molar-refractivity contribution in [3.63, 3.8) is 0 Å². The molecule has 16 heavy (non-hydrogen) atoms. The molecule has 1 aromatic heterocycles. The standard InChI is InChI=1S/C10H10ClFN4/c1-16-8(5-14-15-16)10(13)9-6(11)3-2-4-7(9)12/h2-5,10H,13H2,1H3. The molecule has 0 spiro atoms. The zero-order valence-electron chi connectivity index (χ0n) is 8.56. The van der Waals surface area contributed by atoms with Crippen LogP contribution in [-0.2, 0) is 7.05 Å². The number of rotatable bonds is 2. The lowest BCUT2D eigenvalue weighted by Gasteiger charge is -2.13. The lowest BCUT2D eigenvalue weighted by atomic mass is 10.0. The summed E-state index contributed by atoms with van der Waals surface area (Å²) < 4.78 is 15.1. The Bertz CT molecular complexity index is 491. The van der Waals surface area contributed by atoms with Gasteiger partial charge in [-0.15, -0.1) is 5.10 Å². The molecule has 0 fully saturated rings. The van der Waals surface area contributed by atoms with Crippen molar-refractivity contribution < 1.29 is 4.39 Å². The van der Waals surface area contributed by atoms with Gasteiger partial charge in [-0.2, -0.15) is 0 Å². The Morgan fingerprint density at radius 1 is 1.50 bits per heavy atom. The van der Waals surface area contributed by atoms with Crippen LogP contribution in [0.4, 0.5) is 4.39 Å². The molecule has 4 nitrogen and oxygen atoms in total. The summed E-state index contributed by atoms with van der Waals surface area (Å²) in [6, 6.07) is 3.79. The van der Waals surface area contributed by atoms with Crippen molar-refractivity contribution in [2.24, 2.45) is 12.8 Å². The summed E-state index contributed by atoms with van der Waals surface area (Å²) >= 11 is 5.92.